The van der Waals surface area contributed by atoms with Crippen LogP contribution in [0.2, 0.25) is 5.02 Å². The summed E-state index contributed by atoms with van der Waals surface area (Å²) in [6, 6.07) is 25.3. The normalized spacial score (nSPS) is 10.8. The van der Waals surface area contributed by atoms with Crippen LogP contribution in [0.25, 0.3) is 0 Å². The van der Waals surface area contributed by atoms with Crippen LogP contribution in [-0.4, -0.2) is 0 Å². The molecule has 104 valence electrons. The van der Waals surface area contributed by atoms with Crippen molar-refractivity contribution in [3.05, 3.63) is 106 Å². The zero-order valence-electron chi connectivity index (χ0n) is 11.3. The number of hydrogen-bond donors (Lipinski definition) is 0. The lowest BCUT2D eigenvalue weighted by Crippen LogP contribution is -2.03. The van der Waals surface area contributed by atoms with Crippen LogP contribution in [-0.2, 0) is 0 Å². The Bertz CT molecular complexity index is 684. The van der Waals surface area contributed by atoms with Crippen molar-refractivity contribution in [1.29, 1.82) is 0 Å². The van der Waals surface area contributed by atoms with E-state index in [2.05, 4.69) is 24.3 Å². The lowest BCUT2D eigenvalue weighted by Gasteiger charge is -2.19. The Morgan fingerprint density at radius 2 is 1.19 bits per heavy atom. The van der Waals surface area contributed by atoms with Gasteiger partial charge in [0.25, 0.3) is 0 Å². The summed E-state index contributed by atoms with van der Waals surface area (Å²) in [5.74, 6) is -0.342. The molecule has 0 nitrogen and oxygen atoms in total. The van der Waals surface area contributed by atoms with Gasteiger partial charge < -0.3 is 0 Å². The van der Waals surface area contributed by atoms with Crippen LogP contribution in [0.15, 0.2) is 78.9 Å². The van der Waals surface area contributed by atoms with Gasteiger partial charge in [-0.3, -0.25) is 0 Å². The first kappa shape index (κ1) is 13.8. The van der Waals surface area contributed by atoms with Gasteiger partial charge in [-0.15, -0.1) is 0 Å². The second kappa shape index (κ2) is 6.11. The van der Waals surface area contributed by atoms with E-state index in [1.54, 1.807) is 12.1 Å². The molecule has 0 saturated heterocycles. The van der Waals surface area contributed by atoms with Crippen molar-refractivity contribution in [2.75, 3.05) is 0 Å². The molecule has 0 fully saturated rings. The smallest absolute Gasteiger partial charge is 0.141 e. The van der Waals surface area contributed by atoms with E-state index in [0.717, 1.165) is 16.7 Å². The summed E-state index contributed by atoms with van der Waals surface area (Å²) in [5, 5.41) is 0.157. The highest BCUT2D eigenvalue weighted by atomic mass is 35.5. The van der Waals surface area contributed by atoms with Gasteiger partial charge in [0.15, 0.2) is 0 Å². The molecule has 0 atom stereocenters. The summed E-state index contributed by atoms with van der Waals surface area (Å²) >= 11 is 5.96. The van der Waals surface area contributed by atoms with Crippen LogP contribution >= 0.6 is 11.6 Å². The highest BCUT2D eigenvalue weighted by Crippen LogP contribution is 2.33. The van der Waals surface area contributed by atoms with Crippen molar-refractivity contribution in [2.45, 2.75) is 5.92 Å². The zero-order chi connectivity index (χ0) is 14.7. The molecule has 21 heavy (non-hydrogen) atoms. The maximum absolute atomic E-state index is 13.4. The second-order valence-corrected chi connectivity index (χ2v) is 5.34. The maximum atomic E-state index is 13.4. The SMILES string of the molecule is Fc1ccc(C(c2ccccc2)c2ccccc2)cc1Cl. The first-order valence-electron chi connectivity index (χ1n) is 6.80. The molecule has 2 heteroatoms. The van der Waals surface area contributed by atoms with Gasteiger partial charge in [0.05, 0.1) is 5.02 Å². The molecule has 0 aliphatic rings. The average molecular weight is 297 g/mol. The van der Waals surface area contributed by atoms with E-state index in [4.69, 9.17) is 11.6 Å². The molecule has 3 aromatic carbocycles. The topological polar surface area (TPSA) is 0 Å². The van der Waals surface area contributed by atoms with Crippen LogP contribution in [0, 0.1) is 5.82 Å². The molecule has 0 aliphatic carbocycles. The summed E-state index contributed by atoms with van der Waals surface area (Å²) in [5.41, 5.74) is 3.30. The predicted molar refractivity (Wildman–Crippen MR) is 85.2 cm³/mol. The number of halogens is 2. The predicted octanol–water partition coefficient (Wildman–Crippen LogP) is 5.66. The maximum Gasteiger partial charge on any atom is 0.141 e. The standard InChI is InChI=1S/C19H14ClF/c20-17-13-16(11-12-18(17)21)19(14-7-3-1-4-8-14)15-9-5-2-6-10-15/h1-13,19H. The van der Waals surface area contributed by atoms with Gasteiger partial charge in [0, 0.05) is 5.92 Å². The van der Waals surface area contributed by atoms with Gasteiger partial charge in [-0.25, -0.2) is 4.39 Å². The molecule has 3 rings (SSSR count). The summed E-state index contributed by atoms with van der Waals surface area (Å²) in [4.78, 5) is 0. The van der Waals surface area contributed by atoms with E-state index in [9.17, 15) is 4.39 Å². The average Bonchev–Trinajstić information content (AvgIpc) is 2.53. The van der Waals surface area contributed by atoms with Crippen molar-refractivity contribution >= 4 is 11.6 Å². The largest absolute Gasteiger partial charge is 0.205 e. The molecule has 0 aromatic heterocycles. The molecule has 0 aliphatic heterocycles. The lowest BCUT2D eigenvalue weighted by molar-refractivity contribution is 0.627. The van der Waals surface area contributed by atoms with Gasteiger partial charge in [-0.2, -0.15) is 0 Å². The third-order valence-corrected chi connectivity index (χ3v) is 3.83. The Hall–Kier alpha value is -2.12. The van der Waals surface area contributed by atoms with E-state index >= 15 is 0 Å². The first-order chi connectivity index (χ1) is 10.3. The Balaban J connectivity index is 2.14. The number of hydrogen-bond acceptors (Lipinski definition) is 0. The van der Waals surface area contributed by atoms with E-state index in [1.165, 1.54) is 6.07 Å². The summed E-state index contributed by atoms with van der Waals surface area (Å²) in [6.07, 6.45) is 0. The first-order valence-corrected chi connectivity index (χ1v) is 7.18. The molecule has 0 saturated carbocycles. The van der Waals surface area contributed by atoms with E-state index in [1.807, 2.05) is 36.4 Å². The fourth-order valence-corrected chi connectivity index (χ4v) is 2.75. The molecule has 0 bridgehead atoms. The fraction of sp³-hybridized carbons (Fsp3) is 0.0526. The summed E-state index contributed by atoms with van der Waals surface area (Å²) < 4.78 is 13.4. The van der Waals surface area contributed by atoms with E-state index in [0.29, 0.717) is 0 Å². The molecule has 0 N–H and O–H groups in total. The van der Waals surface area contributed by atoms with Crippen molar-refractivity contribution in [3.63, 3.8) is 0 Å². The van der Waals surface area contributed by atoms with Crippen LogP contribution in [0.4, 0.5) is 4.39 Å². The number of benzene rings is 3. The van der Waals surface area contributed by atoms with Crippen molar-refractivity contribution in [1.82, 2.24) is 0 Å². The van der Waals surface area contributed by atoms with Gasteiger partial charge in [0.1, 0.15) is 5.82 Å². The number of rotatable bonds is 3. The molecular weight excluding hydrogens is 283 g/mol. The zero-order valence-corrected chi connectivity index (χ0v) is 12.1. The van der Waals surface area contributed by atoms with Gasteiger partial charge >= 0.3 is 0 Å². The van der Waals surface area contributed by atoms with Crippen LogP contribution in [0.3, 0.4) is 0 Å². The monoisotopic (exact) mass is 296 g/mol. The van der Waals surface area contributed by atoms with Crippen LogP contribution in [0.5, 0.6) is 0 Å². The Kier molecular flexibility index (Phi) is 4.03. The molecule has 0 unspecified atom stereocenters. The van der Waals surface area contributed by atoms with E-state index < -0.39 is 0 Å². The molecule has 3 aromatic rings. The third kappa shape index (κ3) is 2.98. The summed E-state index contributed by atoms with van der Waals surface area (Å²) in [7, 11) is 0. The lowest BCUT2D eigenvalue weighted by atomic mass is 9.85. The van der Waals surface area contributed by atoms with Crippen molar-refractivity contribution in [3.8, 4) is 0 Å². The Morgan fingerprint density at radius 1 is 0.667 bits per heavy atom. The van der Waals surface area contributed by atoms with Gasteiger partial charge in [0.2, 0.25) is 0 Å². The molecule has 0 heterocycles. The van der Waals surface area contributed by atoms with Crippen molar-refractivity contribution < 1.29 is 4.39 Å². The molecule has 0 spiro atoms. The van der Waals surface area contributed by atoms with Crippen LogP contribution in [0.1, 0.15) is 22.6 Å². The van der Waals surface area contributed by atoms with Gasteiger partial charge in [-0.05, 0) is 28.8 Å². The minimum absolute atomic E-state index is 0.0468. The van der Waals surface area contributed by atoms with Gasteiger partial charge in [-0.1, -0.05) is 78.3 Å². The highest BCUT2D eigenvalue weighted by Gasteiger charge is 2.17. The quantitative estimate of drug-likeness (QED) is 0.547. The fourth-order valence-electron chi connectivity index (χ4n) is 2.56. The second-order valence-electron chi connectivity index (χ2n) is 4.93. The minimum Gasteiger partial charge on any atom is -0.205 e. The third-order valence-electron chi connectivity index (χ3n) is 3.54. The van der Waals surface area contributed by atoms with Crippen LogP contribution < -0.4 is 0 Å². The molecule has 0 radical (unpaired) electrons. The molecule has 0 amide bonds. The molecular formula is C19H14ClF. The Labute approximate surface area is 128 Å². The summed E-state index contributed by atoms with van der Waals surface area (Å²) in [6.45, 7) is 0. The minimum atomic E-state index is -0.389. The van der Waals surface area contributed by atoms with Crippen molar-refractivity contribution in [2.24, 2.45) is 0 Å². The van der Waals surface area contributed by atoms with E-state index in [-0.39, 0.29) is 16.8 Å². The highest BCUT2D eigenvalue weighted by molar-refractivity contribution is 6.30. The Morgan fingerprint density at radius 3 is 1.67 bits per heavy atom.